The molecular formula is C30H39N4O10P. The van der Waals surface area contributed by atoms with Crippen LogP contribution in [-0.4, -0.2) is 69.8 Å². The molecule has 0 aliphatic carbocycles. The number of hydrogen-bond donors (Lipinski definition) is 7. The summed E-state index contributed by atoms with van der Waals surface area (Å²) in [7, 11) is -4.43. The fraction of sp³-hybridized carbons (Fsp3) is 0.400. The van der Waals surface area contributed by atoms with Gasteiger partial charge in [0.25, 0.3) is 0 Å². The van der Waals surface area contributed by atoms with E-state index in [0.717, 1.165) is 5.56 Å². The molecule has 3 atom stereocenters. The van der Waals surface area contributed by atoms with Crippen molar-refractivity contribution in [2.24, 2.45) is 11.8 Å². The summed E-state index contributed by atoms with van der Waals surface area (Å²) in [4.78, 5) is 69.8. The van der Waals surface area contributed by atoms with Crippen LogP contribution in [0.1, 0.15) is 38.8 Å². The number of rotatable bonds is 13. The van der Waals surface area contributed by atoms with Crippen LogP contribution in [0, 0.1) is 11.8 Å². The third-order valence-electron chi connectivity index (χ3n) is 6.68. The largest absolute Gasteiger partial charge is 0.461 e. The van der Waals surface area contributed by atoms with Gasteiger partial charge in [-0.2, -0.15) is 0 Å². The second-order valence-corrected chi connectivity index (χ2v) is 12.8. The van der Waals surface area contributed by atoms with Gasteiger partial charge in [-0.15, -0.1) is 0 Å². The number of allylic oxidation sites excluding steroid dienone is 1. The van der Waals surface area contributed by atoms with Crippen LogP contribution in [0.4, 0.5) is 10.5 Å². The molecule has 0 saturated carbocycles. The fourth-order valence-corrected chi connectivity index (χ4v) is 5.15. The predicted molar refractivity (Wildman–Crippen MR) is 165 cm³/mol. The molecule has 0 radical (unpaired) electrons. The molecule has 0 spiro atoms. The van der Waals surface area contributed by atoms with Crippen molar-refractivity contribution in [2.75, 3.05) is 18.0 Å². The lowest BCUT2D eigenvalue weighted by Crippen LogP contribution is -2.56. The number of nitrogens with one attached hydrogen (secondary N) is 4. The highest BCUT2D eigenvalue weighted by molar-refractivity contribution is 7.52. The lowest BCUT2D eigenvalue weighted by atomic mass is 9.99. The number of hydrogen-bond acceptors (Lipinski definition) is 8. The first-order chi connectivity index (χ1) is 21.1. The summed E-state index contributed by atoms with van der Waals surface area (Å²) in [5.41, 5.74) is 1.58. The second-order valence-electron chi connectivity index (χ2n) is 11.2. The molecular weight excluding hydrogens is 607 g/mol. The number of carbonyl (C=O) groups excluding carboxylic acids is 4. The summed E-state index contributed by atoms with van der Waals surface area (Å²) in [5, 5.41) is 20.3. The molecule has 244 valence electrons. The lowest BCUT2D eigenvalue weighted by molar-refractivity contribution is -0.132. The Morgan fingerprint density at radius 2 is 1.58 bits per heavy atom. The number of alkyl carbamates (subject to hydrolysis) is 1. The van der Waals surface area contributed by atoms with E-state index in [9.17, 15) is 38.6 Å². The summed E-state index contributed by atoms with van der Waals surface area (Å²) in [6, 6.07) is 11.4. The maximum absolute atomic E-state index is 13.3. The predicted octanol–water partition coefficient (Wildman–Crippen LogP) is 2.10. The van der Waals surface area contributed by atoms with E-state index in [1.807, 2.05) is 6.07 Å². The topological polar surface area (TPSA) is 213 Å². The summed E-state index contributed by atoms with van der Waals surface area (Å²) in [6.45, 7) is 6.48. The van der Waals surface area contributed by atoms with Gasteiger partial charge in [0.1, 0.15) is 31.0 Å². The number of ether oxygens (including phenoxy) is 2. The van der Waals surface area contributed by atoms with Crippen LogP contribution >= 0.6 is 7.60 Å². The number of aliphatic hydroxyl groups excluding tert-OH is 1. The highest BCUT2D eigenvalue weighted by atomic mass is 31.2. The minimum atomic E-state index is -4.43. The maximum Gasteiger partial charge on any atom is 0.407 e. The van der Waals surface area contributed by atoms with E-state index >= 15 is 0 Å². The van der Waals surface area contributed by atoms with Gasteiger partial charge in [-0.1, -0.05) is 58.0 Å². The van der Waals surface area contributed by atoms with Gasteiger partial charge in [-0.25, -0.2) is 4.79 Å². The zero-order valence-corrected chi connectivity index (χ0v) is 26.2. The third-order valence-corrected chi connectivity index (χ3v) is 7.43. The number of carbonyl (C=O) groups is 4. The normalized spacial score (nSPS) is 15.6. The van der Waals surface area contributed by atoms with E-state index < -0.39 is 62.5 Å². The molecule has 0 bridgehead atoms. The molecule has 1 unspecified atom stereocenters. The summed E-state index contributed by atoms with van der Waals surface area (Å²) in [5.74, 6) is -2.44. The van der Waals surface area contributed by atoms with Gasteiger partial charge in [-0.3, -0.25) is 18.9 Å². The fourth-order valence-electron chi connectivity index (χ4n) is 4.43. The van der Waals surface area contributed by atoms with Crippen LogP contribution < -0.4 is 26.0 Å². The van der Waals surface area contributed by atoms with Crippen LogP contribution in [0.5, 0.6) is 5.75 Å². The Morgan fingerprint density at radius 3 is 2.20 bits per heavy atom. The molecule has 1 heterocycles. The Hall–Kier alpha value is -4.23. The molecule has 15 heteroatoms. The van der Waals surface area contributed by atoms with Crippen molar-refractivity contribution in [1.82, 2.24) is 16.0 Å². The molecule has 1 aliphatic heterocycles. The second kappa shape index (κ2) is 15.7. The Kier molecular flexibility index (Phi) is 12.3. The van der Waals surface area contributed by atoms with Gasteiger partial charge in [0.2, 0.25) is 24.0 Å². The highest BCUT2D eigenvalue weighted by Crippen LogP contribution is 2.44. The lowest BCUT2D eigenvalue weighted by Gasteiger charge is -2.27. The average molecular weight is 647 g/mol. The van der Waals surface area contributed by atoms with Crippen molar-refractivity contribution in [3.63, 3.8) is 0 Å². The van der Waals surface area contributed by atoms with Gasteiger partial charge >= 0.3 is 13.7 Å². The Balaban J connectivity index is 1.59. The number of aliphatic hydroxyl groups is 1. The van der Waals surface area contributed by atoms with Crippen LogP contribution in [0.25, 0.3) is 5.57 Å². The standard InChI is InChI=1S/C30H39N4O10P/c1-17(2)26(33-24(35)14-31-30(39)43-15-19-8-6-5-7-9-19)29(38)34-27(18(3)4)28(37)32-21-10-11-22-20(16-45(40,41)42)12-25(36)44-23(22)13-21/h5-13,17-18,25-27,36H,14-16H2,1-4H3,(H,31,39)(H,32,37)(H,33,35)(H,34,38)(H2,40,41,42)/t25?,26-,27-/m0/s1. The van der Waals surface area contributed by atoms with Gasteiger partial charge in [0, 0.05) is 17.3 Å². The summed E-state index contributed by atoms with van der Waals surface area (Å²) >= 11 is 0. The molecule has 14 nitrogen and oxygen atoms in total. The maximum atomic E-state index is 13.3. The quantitative estimate of drug-likeness (QED) is 0.158. The third kappa shape index (κ3) is 11.0. The molecule has 3 rings (SSSR count). The minimum Gasteiger partial charge on any atom is -0.461 e. The van der Waals surface area contributed by atoms with E-state index in [0.29, 0.717) is 5.56 Å². The van der Waals surface area contributed by atoms with Crippen molar-refractivity contribution in [2.45, 2.75) is 52.7 Å². The van der Waals surface area contributed by atoms with Crippen LogP contribution in [0.3, 0.4) is 0 Å². The molecule has 0 fully saturated rings. The first-order valence-corrected chi connectivity index (χ1v) is 16.0. The summed E-state index contributed by atoms with van der Waals surface area (Å²) < 4.78 is 22.0. The van der Waals surface area contributed by atoms with E-state index in [4.69, 9.17) is 9.47 Å². The SMILES string of the molecule is CC(C)[C@H](NC(=O)CNC(=O)OCc1ccccc1)C(=O)N[C@H](C(=O)Nc1ccc2c(c1)OC(O)C=C2CP(=O)(O)O)C(C)C. The first-order valence-electron chi connectivity index (χ1n) is 14.2. The smallest absolute Gasteiger partial charge is 0.407 e. The molecule has 0 aromatic heterocycles. The molecule has 2 aromatic rings. The van der Waals surface area contributed by atoms with Crippen molar-refractivity contribution < 1.29 is 48.1 Å². The Morgan fingerprint density at radius 1 is 0.933 bits per heavy atom. The monoisotopic (exact) mass is 646 g/mol. The number of amides is 4. The molecule has 7 N–H and O–H groups in total. The molecule has 2 aromatic carbocycles. The number of fused-ring (bicyclic) bond motifs is 1. The van der Waals surface area contributed by atoms with E-state index in [1.54, 1.807) is 52.0 Å². The van der Waals surface area contributed by atoms with Crippen LogP contribution in [-0.2, 0) is 30.3 Å². The number of benzene rings is 2. The van der Waals surface area contributed by atoms with Gasteiger partial charge in [0.15, 0.2) is 0 Å². The van der Waals surface area contributed by atoms with Gasteiger partial charge in [0.05, 0.1) is 6.16 Å². The van der Waals surface area contributed by atoms with Crippen LogP contribution in [0.15, 0.2) is 54.6 Å². The molecule has 4 amide bonds. The highest BCUT2D eigenvalue weighted by Gasteiger charge is 2.31. The molecule has 1 aliphatic rings. The van der Waals surface area contributed by atoms with Gasteiger partial charge in [-0.05, 0) is 41.2 Å². The minimum absolute atomic E-state index is 0.0269. The zero-order valence-electron chi connectivity index (χ0n) is 25.4. The first kappa shape index (κ1) is 35.3. The van der Waals surface area contributed by atoms with Crippen molar-refractivity contribution in [3.8, 4) is 5.75 Å². The Bertz CT molecular complexity index is 1460. The number of anilines is 1. The van der Waals surface area contributed by atoms with Crippen LogP contribution in [0.2, 0.25) is 0 Å². The summed E-state index contributed by atoms with van der Waals surface area (Å²) in [6.07, 6.45) is -1.64. The van der Waals surface area contributed by atoms with Crippen molar-refractivity contribution >= 4 is 42.7 Å². The van der Waals surface area contributed by atoms with Gasteiger partial charge < -0.3 is 45.6 Å². The average Bonchev–Trinajstić information content (AvgIpc) is 2.95. The molecule has 45 heavy (non-hydrogen) atoms. The van der Waals surface area contributed by atoms with Crippen molar-refractivity contribution in [3.05, 3.63) is 65.7 Å². The van der Waals surface area contributed by atoms with E-state index in [1.165, 1.54) is 24.3 Å². The van der Waals surface area contributed by atoms with Crippen molar-refractivity contribution in [1.29, 1.82) is 0 Å². The van der Waals surface area contributed by atoms with E-state index in [-0.39, 0.29) is 35.5 Å². The Labute approximate surface area is 260 Å². The zero-order chi connectivity index (χ0) is 33.3. The van der Waals surface area contributed by atoms with E-state index in [2.05, 4.69) is 21.3 Å². The molecule has 0 saturated heterocycles.